The second-order valence-electron chi connectivity index (χ2n) is 5.40. The maximum absolute atomic E-state index is 11.9. The van der Waals surface area contributed by atoms with Crippen LogP contribution in [0.4, 0.5) is 5.69 Å². The zero-order valence-electron chi connectivity index (χ0n) is 11.9. The first kappa shape index (κ1) is 14.7. The average molecular weight is 277 g/mol. The van der Waals surface area contributed by atoms with Crippen LogP contribution in [0.15, 0.2) is 18.3 Å². The van der Waals surface area contributed by atoms with E-state index in [9.17, 15) is 4.79 Å². The van der Waals surface area contributed by atoms with Crippen LogP contribution in [0, 0.1) is 5.92 Å². The van der Waals surface area contributed by atoms with E-state index in [0.717, 1.165) is 6.54 Å². The summed E-state index contributed by atoms with van der Waals surface area (Å²) in [4.78, 5) is 18.5. The first-order chi connectivity index (χ1) is 9.69. The van der Waals surface area contributed by atoms with Gasteiger partial charge in [-0.25, -0.2) is 4.98 Å². The molecule has 1 unspecified atom stereocenters. The normalized spacial score (nSPS) is 16.9. The van der Waals surface area contributed by atoms with Gasteiger partial charge in [0.25, 0.3) is 5.91 Å². The zero-order valence-corrected chi connectivity index (χ0v) is 11.9. The highest BCUT2D eigenvalue weighted by atomic mass is 16.1. The van der Waals surface area contributed by atoms with Gasteiger partial charge >= 0.3 is 0 Å². The van der Waals surface area contributed by atoms with Crippen molar-refractivity contribution in [1.82, 2.24) is 15.2 Å². The Kier molecular flexibility index (Phi) is 5.31. The summed E-state index contributed by atoms with van der Waals surface area (Å²) in [5.41, 5.74) is 3.58. The number of nitrogens with two attached hydrogens (primary N) is 1. The molecular formula is C14H23N5O. The second kappa shape index (κ2) is 7.21. The lowest BCUT2D eigenvalue weighted by Crippen LogP contribution is -2.34. The Balaban J connectivity index is 1.75. The molecule has 1 saturated heterocycles. The Hall–Kier alpha value is -1.66. The zero-order chi connectivity index (χ0) is 14.4. The molecule has 1 atom stereocenters. The third-order valence-corrected chi connectivity index (χ3v) is 3.54. The monoisotopic (exact) mass is 277 g/mol. The molecule has 0 spiro atoms. The number of amides is 1. The Bertz CT molecular complexity index is 428. The van der Waals surface area contributed by atoms with Crippen LogP contribution in [0.1, 0.15) is 30.3 Å². The van der Waals surface area contributed by atoms with Gasteiger partial charge in [0.1, 0.15) is 5.69 Å². The highest BCUT2D eigenvalue weighted by Crippen LogP contribution is 2.10. The fourth-order valence-electron chi connectivity index (χ4n) is 2.44. The van der Waals surface area contributed by atoms with Crippen LogP contribution in [0.25, 0.3) is 0 Å². The predicted molar refractivity (Wildman–Crippen MR) is 79.2 cm³/mol. The molecule has 0 radical (unpaired) electrons. The predicted octanol–water partition coefficient (Wildman–Crippen LogP) is 0.829. The largest absolute Gasteiger partial charge is 0.350 e. The molecule has 2 heterocycles. The molecule has 1 amide bonds. The summed E-state index contributed by atoms with van der Waals surface area (Å²) in [6, 6.07) is 3.39. The molecule has 1 fully saturated rings. The number of hydrazine groups is 1. The van der Waals surface area contributed by atoms with Gasteiger partial charge in [0.15, 0.2) is 0 Å². The van der Waals surface area contributed by atoms with Gasteiger partial charge in [0.05, 0.1) is 11.9 Å². The van der Waals surface area contributed by atoms with Crippen molar-refractivity contribution in [1.29, 1.82) is 0 Å². The molecular weight excluding hydrogens is 254 g/mol. The van der Waals surface area contributed by atoms with Crippen molar-refractivity contribution in [2.75, 3.05) is 31.6 Å². The summed E-state index contributed by atoms with van der Waals surface area (Å²) in [7, 11) is 0. The van der Waals surface area contributed by atoms with Crippen LogP contribution >= 0.6 is 0 Å². The minimum Gasteiger partial charge on any atom is -0.350 e. The summed E-state index contributed by atoms with van der Waals surface area (Å²) in [5.74, 6) is 5.57. The molecule has 0 bridgehead atoms. The molecule has 110 valence electrons. The number of anilines is 1. The van der Waals surface area contributed by atoms with Crippen molar-refractivity contribution in [3.63, 3.8) is 0 Å². The minimum absolute atomic E-state index is 0.137. The van der Waals surface area contributed by atoms with Gasteiger partial charge in [0.2, 0.25) is 0 Å². The van der Waals surface area contributed by atoms with Gasteiger partial charge in [-0.1, -0.05) is 6.92 Å². The van der Waals surface area contributed by atoms with Crippen LogP contribution in [0.3, 0.4) is 0 Å². The number of rotatable bonds is 6. The smallest absolute Gasteiger partial charge is 0.269 e. The van der Waals surface area contributed by atoms with Crippen molar-refractivity contribution in [2.45, 2.75) is 19.8 Å². The standard InChI is InChI=1S/C14H23N5O/c1-11(10-19-6-2-3-7-19)8-17-14(20)13-5-4-12(18-15)9-16-13/h4-5,9,11,18H,2-3,6-8,10,15H2,1H3,(H,17,20). The fourth-order valence-corrected chi connectivity index (χ4v) is 2.44. The Labute approximate surface area is 119 Å². The molecule has 0 aliphatic carbocycles. The minimum atomic E-state index is -0.137. The second-order valence-corrected chi connectivity index (χ2v) is 5.40. The number of nitrogen functional groups attached to an aromatic ring is 1. The number of nitrogens with one attached hydrogen (secondary N) is 2. The van der Waals surface area contributed by atoms with Crippen molar-refractivity contribution >= 4 is 11.6 Å². The lowest BCUT2D eigenvalue weighted by Gasteiger charge is -2.20. The van der Waals surface area contributed by atoms with Crippen molar-refractivity contribution in [3.05, 3.63) is 24.0 Å². The van der Waals surface area contributed by atoms with E-state index in [1.165, 1.54) is 25.9 Å². The van der Waals surface area contributed by atoms with Gasteiger partial charge in [-0.05, 0) is 44.0 Å². The van der Waals surface area contributed by atoms with E-state index in [2.05, 4.69) is 27.6 Å². The van der Waals surface area contributed by atoms with Gasteiger partial charge in [-0.3, -0.25) is 10.6 Å². The van der Waals surface area contributed by atoms with Gasteiger partial charge < -0.3 is 15.6 Å². The van der Waals surface area contributed by atoms with Crippen LogP contribution in [0.2, 0.25) is 0 Å². The summed E-state index contributed by atoms with van der Waals surface area (Å²) in [6.07, 6.45) is 4.14. The van der Waals surface area contributed by atoms with Crippen LogP contribution < -0.4 is 16.6 Å². The third-order valence-electron chi connectivity index (χ3n) is 3.54. The molecule has 0 aromatic carbocycles. The first-order valence-corrected chi connectivity index (χ1v) is 7.12. The van der Waals surface area contributed by atoms with E-state index in [1.54, 1.807) is 18.3 Å². The average Bonchev–Trinajstić information content (AvgIpc) is 2.97. The third kappa shape index (κ3) is 4.18. The SMILES string of the molecule is CC(CNC(=O)c1ccc(NN)cn1)CN1CCCC1. The number of hydrogen-bond donors (Lipinski definition) is 3. The Morgan fingerprint density at radius 2 is 2.20 bits per heavy atom. The number of carbonyl (C=O) groups is 1. The summed E-state index contributed by atoms with van der Waals surface area (Å²) < 4.78 is 0. The summed E-state index contributed by atoms with van der Waals surface area (Å²) in [5, 5.41) is 2.93. The van der Waals surface area contributed by atoms with Gasteiger partial charge in [0, 0.05) is 13.1 Å². The number of likely N-dealkylation sites (tertiary alicyclic amines) is 1. The molecule has 1 aliphatic rings. The summed E-state index contributed by atoms with van der Waals surface area (Å²) >= 11 is 0. The Morgan fingerprint density at radius 1 is 1.45 bits per heavy atom. The molecule has 1 aromatic rings. The maximum Gasteiger partial charge on any atom is 0.269 e. The van der Waals surface area contributed by atoms with Gasteiger partial charge in [-0.15, -0.1) is 0 Å². The molecule has 6 heteroatoms. The number of pyridine rings is 1. The van der Waals surface area contributed by atoms with E-state index in [1.807, 2.05) is 0 Å². The van der Waals surface area contributed by atoms with E-state index in [-0.39, 0.29) is 5.91 Å². The summed E-state index contributed by atoms with van der Waals surface area (Å²) in [6.45, 7) is 6.26. The topological polar surface area (TPSA) is 83.3 Å². The van der Waals surface area contributed by atoms with E-state index in [4.69, 9.17) is 5.84 Å². The fraction of sp³-hybridized carbons (Fsp3) is 0.571. The van der Waals surface area contributed by atoms with Crippen LogP contribution in [-0.4, -0.2) is 42.0 Å². The highest BCUT2D eigenvalue weighted by molar-refractivity contribution is 5.92. The van der Waals surface area contributed by atoms with Crippen LogP contribution in [-0.2, 0) is 0 Å². The quantitative estimate of drug-likeness (QED) is 0.530. The van der Waals surface area contributed by atoms with Gasteiger partial charge in [-0.2, -0.15) is 0 Å². The lowest BCUT2D eigenvalue weighted by atomic mass is 10.1. The molecule has 20 heavy (non-hydrogen) atoms. The van der Waals surface area contributed by atoms with Crippen molar-refractivity contribution in [3.8, 4) is 0 Å². The molecule has 1 aliphatic heterocycles. The number of aromatic nitrogens is 1. The van der Waals surface area contributed by atoms with E-state index >= 15 is 0 Å². The van der Waals surface area contributed by atoms with Crippen molar-refractivity contribution < 1.29 is 4.79 Å². The first-order valence-electron chi connectivity index (χ1n) is 7.12. The highest BCUT2D eigenvalue weighted by Gasteiger charge is 2.15. The van der Waals surface area contributed by atoms with Crippen LogP contribution in [0.5, 0.6) is 0 Å². The molecule has 0 saturated carbocycles. The number of hydrogen-bond acceptors (Lipinski definition) is 5. The molecule has 4 N–H and O–H groups in total. The lowest BCUT2D eigenvalue weighted by molar-refractivity contribution is 0.0940. The Morgan fingerprint density at radius 3 is 2.80 bits per heavy atom. The van der Waals surface area contributed by atoms with Crippen molar-refractivity contribution in [2.24, 2.45) is 11.8 Å². The molecule has 6 nitrogen and oxygen atoms in total. The van der Waals surface area contributed by atoms with E-state index in [0.29, 0.717) is 23.8 Å². The molecule has 2 rings (SSSR count). The maximum atomic E-state index is 11.9. The number of carbonyl (C=O) groups excluding carboxylic acids is 1. The molecule has 1 aromatic heterocycles. The van der Waals surface area contributed by atoms with E-state index < -0.39 is 0 Å². The number of nitrogens with zero attached hydrogens (tertiary/aromatic N) is 2.